The summed E-state index contributed by atoms with van der Waals surface area (Å²) in [6.45, 7) is 1.63. The van der Waals surface area contributed by atoms with Crippen molar-refractivity contribution in [3.05, 3.63) is 41.5 Å². The van der Waals surface area contributed by atoms with Gasteiger partial charge in [-0.25, -0.2) is 18.4 Å². The summed E-state index contributed by atoms with van der Waals surface area (Å²) in [6, 6.07) is 8.68. The normalized spacial score (nSPS) is 23.3. The van der Waals surface area contributed by atoms with Crippen LogP contribution in [0.15, 0.2) is 41.6 Å². The first kappa shape index (κ1) is 22.4. The molecule has 3 heterocycles. The smallest absolute Gasteiger partial charge is 0.382 e. The summed E-state index contributed by atoms with van der Waals surface area (Å²) >= 11 is 1.08. The molecule has 1 saturated carbocycles. The number of alkyl halides is 3. The standard InChI is InChI=1S/C22H23F3N4O2S2/c1-33(30,31)17-4-2-14(3-5-17)28-15-9-21(10-15)6-7-29(12-21)19-18-8-16(11-22(23,24)25)32-20(18)27-13-26-19/h2-5,8,13,15,28H,6-7,9-12H2,1H3. The zero-order valence-electron chi connectivity index (χ0n) is 17.9. The van der Waals surface area contributed by atoms with Crippen LogP contribution in [0.25, 0.3) is 10.2 Å². The van der Waals surface area contributed by atoms with E-state index >= 15 is 0 Å². The zero-order chi connectivity index (χ0) is 23.4. The average molecular weight is 497 g/mol. The number of halogens is 3. The molecule has 2 fully saturated rings. The molecule has 176 valence electrons. The Kier molecular flexibility index (Phi) is 5.32. The minimum absolute atomic E-state index is 0.159. The topological polar surface area (TPSA) is 75.2 Å². The van der Waals surface area contributed by atoms with Crippen LogP contribution < -0.4 is 10.2 Å². The number of rotatable bonds is 5. The molecular formula is C22H23F3N4O2S2. The number of benzene rings is 1. The maximum atomic E-state index is 12.8. The van der Waals surface area contributed by atoms with Gasteiger partial charge in [-0.3, -0.25) is 0 Å². The molecule has 6 nitrogen and oxygen atoms in total. The highest BCUT2D eigenvalue weighted by Gasteiger charge is 2.49. The van der Waals surface area contributed by atoms with E-state index in [1.165, 1.54) is 12.6 Å². The summed E-state index contributed by atoms with van der Waals surface area (Å²) in [5, 5.41) is 4.17. The number of aromatic nitrogens is 2. The highest BCUT2D eigenvalue weighted by Crippen LogP contribution is 2.50. The lowest BCUT2D eigenvalue weighted by Crippen LogP contribution is -2.46. The fraction of sp³-hybridized carbons (Fsp3) is 0.455. The second kappa shape index (κ2) is 7.83. The van der Waals surface area contributed by atoms with Crippen molar-refractivity contribution >= 4 is 42.9 Å². The number of thiophene rings is 1. The minimum Gasteiger partial charge on any atom is -0.382 e. The van der Waals surface area contributed by atoms with Crippen LogP contribution in [-0.2, 0) is 16.3 Å². The highest BCUT2D eigenvalue weighted by molar-refractivity contribution is 7.90. The Bertz CT molecular complexity index is 1280. The van der Waals surface area contributed by atoms with Gasteiger partial charge in [-0.2, -0.15) is 13.2 Å². The van der Waals surface area contributed by atoms with Crippen molar-refractivity contribution in [2.45, 2.75) is 42.8 Å². The number of nitrogens with zero attached hydrogens (tertiary/aromatic N) is 3. The maximum Gasteiger partial charge on any atom is 0.393 e. The number of hydrogen-bond donors (Lipinski definition) is 1. The van der Waals surface area contributed by atoms with Crippen molar-refractivity contribution in [3.63, 3.8) is 0 Å². The third-order valence-corrected chi connectivity index (χ3v) is 8.66. The lowest BCUT2D eigenvalue weighted by Gasteiger charge is -2.46. The van der Waals surface area contributed by atoms with Gasteiger partial charge in [0.25, 0.3) is 0 Å². The summed E-state index contributed by atoms with van der Waals surface area (Å²) in [6.07, 6.45) is 0.394. The first-order valence-electron chi connectivity index (χ1n) is 10.6. The first-order chi connectivity index (χ1) is 15.5. The molecule has 1 aromatic carbocycles. The van der Waals surface area contributed by atoms with E-state index in [1.54, 1.807) is 30.3 Å². The summed E-state index contributed by atoms with van der Waals surface area (Å²) in [5.74, 6) is 0.717. The highest BCUT2D eigenvalue weighted by atomic mass is 32.2. The van der Waals surface area contributed by atoms with E-state index in [9.17, 15) is 21.6 Å². The number of nitrogens with one attached hydrogen (secondary N) is 1. The molecule has 2 aromatic heterocycles. The lowest BCUT2D eigenvalue weighted by molar-refractivity contribution is -0.126. The van der Waals surface area contributed by atoms with Crippen LogP contribution >= 0.6 is 11.3 Å². The van der Waals surface area contributed by atoms with Gasteiger partial charge in [0, 0.05) is 36.0 Å². The van der Waals surface area contributed by atoms with Crippen molar-refractivity contribution in [2.75, 3.05) is 29.6 Å². The molecule has 2 aliphatic rings. The molecule has 33 heavy (non-hydrogen) atoms. The Morgan fingerprint density at radius 1 is 1.21 bits per heavy atom. The molecule has 1 aliphatic carbocycles. The van der Waals surface area contributed by atoms with E-state index in [-0.39, 0.29) is 10.3 Å². The Balaban J connectivity index is 1.24. The largest absolute Gasteiger partial charge is 0.393 e. The van der Waals surface area contributed by atoms with E-state index in [1.807, 2.05) is 0 Å². The van der Waals surface area contributed by atoms with Gasteiger partial charge in [-0.05, 0) is 55.0 Å². The Hall–Kier alpha value is -2.40. The number of hydrogen-bond acceptors (Lipinski definition) is 7. The number of anilines is 2. The van der Waals surface area contributed by atoms with E-state index in [0.717, 1.165) is 49.4 Å². The van der Waals surface area contributed by atoms with E-state index in [2.05, 4.69) is 20.2 Å². The van der Waals surface area contributed by atoms with Gasteiger partial charge in [0.1, 0.15) is 17.0 Å². The summed E-state index contributed by atoms with van der Waals surface area (Å²) in [4.78, 5) is 11.9. The summed E-state index contributed by atoms with van der Waals surface area (Å²) < 4.78 is 61.7. The Morgan fingerprint density at radius 2 is 1.94 bits per heavy atom. The SMILES string of the molecule is CS(=O)(=O)c1ccc(NC2CC3(CCN(c4ncnc5sc(CC(F)(F)F)cc45)C3)C2)cc1. The monoisotopic (exact) mass is 496 g/mol. The van der Waals surface area contributed by atoms with Crippen LogP contribution in [-0.4, -0.2) is 49.9 Å². The van der Waals surface area contributed by atoms with Crippen LogP contribution in [0.1, 0.15) is 24.1 Å². The maximum absolute atomic E-state index is 12.8. The third-order valence-electron chi connectivity index (χ3n) is 6.48. The molecule has 0 amide bonds. The second-order valence-electron chi connectivity index (χ2n) is 9.14. The molecule has 11 heteroatoms. The number of fused-ring (bicyclic) bond motifs is 1. The molecule has 0 unspecified atom stereocenters. The van der Waals surface area contributed by atoms with E-state index in [0.29, 0.717) is 27.0 Å². The van der Waals surface area contributed by atoms with Gasteiger partial charge in [0.15, 0.2) is 9.84 Å². The lowest BCUT2D eigenvalue weighted by atomic mass is 9.65. The number of sulfone groups is 1. The molecule has 5 rings (SSSR count). The van der Waals surface area contributed by atoms with Gasteiger partial charge >= 0.3 is 6.18 Å². The molecule has 0 bridgehead atoms. The van der Waals surface area contributed by atoms with E-state index < -0.39 is 22.4 Å². The van der Waals surface area contributed by atoms with E-state index in [4.69, 9.17) is 0 Å². The zero-order valence-corrected chi connectivity index (χ0v) is 19.5. The van der Waals surface area contributed by atoms with Crippen molar-refractivity contribution in [2.24, 2.45) is 5.41 Å². The van der Waals surface area contributed by atoms with Crippen LogP contribution in [0.5, 0.6) is 0 Å². The van der Waals surface area contributed by atoms with Crippen molar-refractivity contribution in [3.8, 4) is 0 Å². The van der Waals surface area contributed by atoms with Gasteiger partial charge in [0.05, 0.1) is 16.7 Å². The van der Waals surface area contributed by atoms with Gasteiger partial charge in [-0.1, -0.05) is 0 Å². The molecule has 1 spiro atoms. The molecule has 0 atom stereocenters. The van der Waals surface area contributed by atoms with Crippen molar-refractivity contribution < 1.29 is 21.6 Å². The molecule has 1 N–H and O–H groups in total. The molecular weight excluding hydrogens is 473 g/mol. The predicted molar refractivity (Wildman–Crippen MR) is 123 cm³/mol. The van der Waals surface area contributed by atoms with Crippen LogP contribution in [0, 0.1) is 5.41 Å². The fourth-order valence-corrected chi connectivity index (χ4v) is 6.65. The van der Waals surface area contributed by atoms with Crippen molar-refractivity contribution in [1.29, 1.82) is 0 Å². The van der Waals surface area contributed by atoms with Gasteiger partial charge < -0.3 is 10.2 Å². The van der Waals surface area contributed by atoms with Crippen LogP contribution in [0.2, 0.25) is 0 Å². The van der Waals surface area contributed by atoms with Crippen LogP contribution in [0.4, 0.5) is 24.7 Å². The van der Waals surface area contributed by atoms with Crippen LogP contribution in [0.3, 0.4) is 0 Å². The third kappa shape index (κ3) is 4.65. The summed E-state index contributed by atoms with van der Waals surface area (Å²) in [7, 11) is -3.21. The Morgan fingerprint density at radius 3 is 2.61 bits per heavy atom. The fourth-order valence-electron chi connectivity index (χ4n) is 5.00. The minimum atomic E-state index is -4.24. The van der Waals surface area contributed by atoms with Crippen molar-refractivity contribution in [1.82, 2.24) is 9.97 Å². The average Bonchev–Trinajstić information content (AvgIpc) is 3.30. The molecule has 1 saturated heterocycles. The first-order valence-corrected chi connectivity index (χ1v) is 13.3. The van der Waals surface area contributed by atoms with Gasteiger partial charge in [-0.15, -0.1) is 11.3 Å². The quantitative estimate of drug-likeness (QED) is 0.553. The summed E-state index contributed by atoms with van der Waals surface area (Å²) in [5.41, 5.74) is 1.05. The Labute approximate surface area is 193 Å². The predicted octanol–water partition coefficient (Wildman–Crippen LogP) is 4.67. The molecule has 3 aromatic rings. The van der Waals surface area contributed by atoms with Gasteiger partial charge in [0.2, 0.25) is 0 Å². The molecule has 0 radical (unpaired) electrons. The molecule has 1 aliphatic heterocycles. The second-order valence-corrected chi connectivity index (χ2v) is 12.3.